The zero-order valence-corrected chi connectivity index (χ0v) is 22.3. The van der Waals surface area contributed by atoms with E-state index in [-0.39, 0.29) is 24.2 Å². The first-order valence-electron chi connectivity index (χ1n) is 12.9. The Morgan fingerprint density at radius 2 is 2.05 bits per heavy atom. The van der Waals surface area contributed by atoms with Crippen molar-refractivity contribution in [3.63, 3.8) is 0 Å². The van der Waals surface area contributed by atoms with Crippen molar-refractivity contribution in [3.8, 4) is 5.82 Å². The van der Waals surface area contributed by atoms with Crippen molar-refractivity contribution >= 4 is 29.1 Å². The summed E-state index contributed by atoms with van der Waals surface area (Å²) in [6, 6.07) is 13.2. The van der Waals surface area contributed by atoms with Crippen LogP contribution < -0.4 is 16.0 Å². The summed E-state index contributed by atoms with van der Waals surface area (Å²) in [5.74, 6) is 0.528. The van der Waals surface area contributed by atoms with Crippen LogP contribution in [0.2, 0.25) is 5.02 Å². The standard InChI is InChI=1S/C29H30ClFN6O2/c1-18-15-33-29(34-23-5-6-24(25(31)14-23)19-7-10-32-11-8-19)36-27(18)37-12-9-21(16-37)28(39)35-26(17-38)20-3-2-4-22(30)13-20/h2-6,9,12-16,19,26,32,38H,7-8,10-11,17H2,1H3,(H,35,39)(H,33,34,36). The highest BCUT2D eigenvalue weighted by Crippen LogP contribution is 2.29. The van der Waals surface area contributed by atoms with E-state index in [4.69, 9.17) is 11.6 Å². The quantitative estimate of drug-likeness (QED) is 0.246. The summed E-state index contributed by atoms with van der Waals surface area (Å²) in [6.45, 7) is 3.40. The van der Waals surface area contributed by atoms with Gasteiger partial charge < -0.3 is 25.6 Å². The average molecular weight is 549 g/mol. The second-order valence-electron chi connectivity index (χ2n) is 9.66. The van der Waals surface area contributed by atoms with Crippen molar-refractivity contribution < 1.29 is 14.3 Å². The Kier molecular flexibility index (Phi) is 8.21. The minimum absolute atomic E-state index is 0.223. The van der Waals surface area contributed by atoms with Crippen LogP contribution in [-0.2, 0) is 0 Å². The number of amides is 1. The summed E-state index contributed by atoms with van der Waals surface area (Å²) < 4.78 is 16.6. The first-order chi connectivity index (χ1) is 18.9. The molecule has 0 bridgehead atoms. The highest BCUT2D eigenvalue weighted by atomic mass is 35.5. The molecule has 0 aliphatic carbocycles. The molecule has 0 saturated carbocycles. The molecule has 4 N–H and O–H groups in total. The number of carbonyl (C=O) groups is 1. The van der Waals surface area contributed by atoms with E-state index in [0.717, 1.165) is 37.1 Å². The maximum atomic E-state index is 14.9. The Morgan fingerprint density at radius 3 is 2.79 bits per heavy atom. The Morgan fingerprint density at radius 1 is 1.23 bits per heavy atom. The molecule has 39 heavy (non-hydrogen) atoms. The molecule has 1 amide bonds. The number of aliphatic hydroxyl groups excluding tert-OH is 1. The summed E-state index contributed by atoms with van der Waals surface area (Å²) in [4.78, 5) is 21.9. The van der Waals surface area contributed by atoms with E-state index in [0.29, 0.717) is 33.6 Å². The van der Waals surface area contributed by atoms with Crippen molar-refractivity contribution in [2.24, 2.45) is 0 Å². The average Bonchev–Trinajstić information content (AvgIpc) is 3.44. The Hall–Kier alpha value is -3.79. The molecule has 1 aliphatic heterocycles. The number of hydrogen-bond acceptors (Lipinski definition) is 6. The molecule has 1 aliphatic rings. The van der Waals surface area contributed by atoms with Gasteiger partial charge in [0.15, 0.2) is 0 Å². The van der Waals surface area contributed by atoms with Crippen molar-refractivity contribution in [2.45, 2.75) is 31.7 Å². The van der Waals surface area contributed by atoms with Gasteiger partial charge in [-0.15, -0.1) is 0 Å². The zero-order chi connectivity index (χ0) is 27.4. The fraction of sp³-hybridized carbons (Fsp3) is 0.276. The minimum Gasteiger partial charge on any atom is -0.394 e. The fourth-order valence-electron chi connectivity index (χ4n) is 4.81. The first-order valence-corrected chi connectivity index (χ1v) is 13.3. The summed E-state index contributed by atoms with van der Waals surface area (Å²) >= 11 is 6.06. The van der Waals surface area contributed by atoms with E-state index in [2.05, 4.69) is 25.9 Å². The third-order valence-corrected chi connectivity index (χ3v) is 7.15. The van der Waals surface area contributed by atoms with E-state index in [1.54, 1.807) is 53.5 Å². The van der Waals surface area contributed by atoms with E-state index in [1.165, 1.54) is 6.07 Å². The van der Waals surface area contributed by atoms with Gasteiger partial charge in [-0.3, -0.25) is 4.79 Å². The molecule has 1 unspecified atom stereocenters. The molecule has 0 spiro atoms. The van der Waals surface area contributed by atoms with Gasteiger partial charge in [-0.2, -0.15) is 4.98 Å². The van der Waals surface area contributed by atoms with Gasteiger partial charge >= 0.3 is 0 Å². The van der Waals surface area contributed by atoms with Gasteiger partial charge in [0.05, 0.1) is 18.2 Å². The van der Waals surface area contributed by atoms with E-state index in [1.807, 2.05) is 19.1 Å². The van der Waals surface area contributed by atoms with Crippen LogP contribution in [0.25, 0.3) is 5.82 Å². The number of piperidine rings is 1. The second-order valence-corrected chi connectivity index (χ2v) is 10.1. The van der Waals surface area contributed by atoms with Gasteiger partial charge in [0.2, 0.25) is 5.95 Å². The van der Waals surface area contributed by atoms with Gasteiger partial charge in [0, 0.05) is 34.9 Å². The Labute approximate surface area is 231 Å². The SMILES string of the molecule is Cc1cnc(Nc2ccc(C3CCNCC3)c(F)c2)nc1-n1ccc(C(=O)NC(CO)c2cccc(Cl)c2)c1. The van der Waals surface area contributed by atoms with Crippen LogP contribution in [0.15, 0.2) is 67.1 Å². The van der Waals surface area contributed by atoms with Crippen molar-refractivity contribution in [2.75, 3.05) is 25.0 Å². The number of aryl methyl sites for hydroxylation is 1. The van der Waals surface area contributed by atoms with Crippen LogP contribution in [0, 0.1) is 12.7 Å². The van der Waals surface area contributed by atoms with E-state index < -0.39 is 6.04 Å². The molecule has 1 fully saturated rings. The number of anilines is 2. The first kappa shape index (κ1) is 26.8. The van der Waals surface area contributed by atoms with Crippen LogP contribution in [0.4, 0.5) is 16.0 Å². The monoisotopic (exact) mass is 548 g/mol. The highest BCUT2D eigenvalue weighted by Gasteiger charge is 2.20. The molecule has 0 radical (unpaired) electrons. The summed E-state index contributed by atoms with van der Waals surface area (Å²) in [5.41, 5.74) is 3.20. The van der Waals surface area contributed by atoms with Crippen molar-refractivity contribution in [1.82, 2.24) is 25.2 Å². The number of rotatable bonds is 8. The lowest BCUT2D eigenvalue weighted by atomic mass is 9.90. The van der Waals surface area contributed by atoms with Gasteiger partial charge in [-0.1, -0.05) is 29.8 Å². The number of carbonyl (C=O) groups excluding carboxylic acids is 1. The number of hydrogen-bond donors (Lipinski definition) is 4. The van der Waals surface area contributed by atoms with E-state index >= 15 is 0 Å². The smallest absolute Gasteiger partial charge is 0.253 e. The van der Waals surface area contributed by atoms with Gasteiger partial charge in [0.25, 0.3) is 5.91 Å². The Bertz CT molecular complexity index is 1470. The highest BCUT2D eigenvalue weighted by molar-refractivity contribution is 6.30. The molecule has 8 nitrogen and oxygen atoms in total. The fourth-order valence-corrected chi connectivity index (χ4v) is 5.01. The zero-order valence-electron chi connectivity index (χ0n) is 21.5. The normalized spacial score (nSPS) is 14.7. The largest absolute Gasteiger partial charge is 0.394 e. The topological polar surface area (TPSA) is 104 Å². The molecule has 2 aromatic heterocycles. The maximum absolute atomic E-state index is 14.9. The maximum Gasteiger partial charge on any atom is 0.253 e. The summed E-state index contributed by atoms with van der Waals surface area (Å²) in [7, 11) is 0. The number of nitrogens with one attached hydrogen (secondary N) is 3. The third kappa shape index (κ3) is 6.27. The van der Waals surface area contributed by atoms with Gasteiger partial charge in [0.1, 0.15) is 11.6 Å². The number of aromatic nitrogens is 3. The number of nitrogens with zero attached hydrogens (tertiary/aromatic N) is 3. The molecule has 3 heterocycles. The molecule has 202 valence electrons. The van der Waals surface area contributed by atoms with Crippen LogP contribution in [0.3, 0.4) is 0 Å². The second kappa shape index (κ2) is 11.9. The molecular formula is C29H30ClFN6O2. The third-order valence-electron chi connectivity index (χ3n) is 6.92. The van der Waals surface area contributed by atoms with Crippen LogP contribution >= 0.6 is 11.6 Å². The minimum atomic E-state index is -0.599. The molecule has 2 aromatic carbocycles. The number of aliphatic hydroxyl groups is 1. The van der Waals surface area contributed by atoms with Crippen LogP contribution in [-0.4, -0.2) is 45.2 Å². The Balaban J connectivity index is 1.30. The molecule has 1 saturated heterocycles. The number of halogens is 2. The van der Waals surface area contributed by atoms with Crippen LogP contribution in [0.5, 0.6) is 0 Å². The lowest BCUT2D eigenvalue weighted by Gasteiger charge is -2.23. The predicted octanol–water partition coefficient (Wildman–Crippen LogP) is 5.04. The van der Waals surface area contributed by atoms with Gasteiger partial charge in [-0.25, -0.2) is 9.37 Å². The molecular weight excluding hydrogens is 519 g/mol. The molecule has 4 aromatic rings. The van der Waals surface area contributed by atoms with Crippen molar-refractivity contribution in [3.05, 3.63) is 100 Å². The predicted molar refractivity (Wildman–Crippen MR) is 149 cm³/mol. The molecule has 1 atom stereocenters. The molecule has 10 heteroatoms. The lowest BCUT2D eigenvalue weighted by Crippen LogP contribution is -2.30. The summed E-state index contributed by atoms with van der Waals surface area (Å²) in [5, 5.41) is 19.6. The number of benzene rings is 2. The summed E-state index contributed by atoms with van der Waals surface area (Å²) in [6.07, 6.45) is 6.91. The van der Waals surface area contributed by atoms with E-state index in [9.17, 15) is 14.3 Å². The van der Waals surface area contributed by atoms with Crippen molar-refractivity contribution in [1.29, 1.82) is 0 Å². The lowest BCUT2D eigenvalue weighted by molar-refractivity contribution is 0.0916. The molecule has 5 rings (SSSR count). The van der Waals surface area contributed by atoms with Gasteiger partial charge in [-0.05, 0) is 80.2 Å². The van der Waals surface area contributed by atoms with Crippen LogP contribution in [0.1, 0.15) is 51.8 Å².